The summed E-state index contributed by atoms with van der Waals surface area (Å²) in [6, 6.07) is 19.7. The molecule has 1 aliphatic rings. The molecular weight excluding hydrogens is 621 g/mol. The minimum Gasteiger partial charge on any atom is -0.369 e. The fraction of sp³-hybridized carbons (Fsp3) is 0.276. The maximum absolute atomic E-state index is 13.4. The van der Waals surface area contributed by atoms with E-state index in [4.69, 9.17) is 31.9 Å². The van der Waals surface area contributed by atoms with Gasteiger partial charge in [0.25, 0.3) is 16.0 Å². The van der Waals surface area contributed by atoms with Crippen LogP contribution in [0.15, 0.2) is 98.2 Å². The number of hydrogen-bond donors (Lipinski definition) is 1. The highest BCUT2D eigenvalue weighted by Crippen LogP contribution is 2.32. The van der Waals surface area contributed by atoms with Crippen molar-refractivity contribution in [2.45, 2.75) is 23.4 Å². The molecule has 0 saturated heterocycles. The molecule has 0 aromatic heterocycles. The van der Waals surface area contributed by atoms with Crippen LogP contribution in [0.2, 0.25) is 5.02 Å². The van der Waals surface area contributed by atoms with E-state index in [2.05, 4.69) is 9.39 Å². The van der Waals surface area contributed by atoms with Crippen molar-refractivity contribution in [3.05, 3.63) is 101 Å². The Balaban J connectivity index is 1.85. The highest BCUT2D eigenvalue weighted by molar-refractivity contribution is 7.90. The average Bonchev–Trinajstić information content (AvgIpc) is 3.00. The summed E-state index contributed by atoms with van der Waals surface area (Å²) in [5.41, 5.74) is 7.55. The summed E-state index contributed by atoms with van der Waals surface area (Å²) in [5.74, 6) is -0.762. The Bertz CT molecular complexity index is 1610. The highest BCUT2D eigenvalue weighted by Gasteiger charge is 2.32. The van der Waals surface area contributed by atoms with Crippen molar-refractivity contribution in [2.24, 2.45) is 20.2 Å². The zero-order valence-corrected chi connectivity index (χ0v) is 25.4. The SMILES string of the molecule is COCN(COC)/C(N)=N/C(=N\S(=O)(=O)c1ccc(C(F)(F)F)cc1)N1CCC(c2ccccc2)C(c2ccc(Cl)cc2)=N1. The Labute approximate surface area is 258 Å². The minimum atomic E-state index is -4.64. The van der Waals surface area contributed by atoms with Crippen LogP contribution in [0.4, 0.5) is 13.2 Å². The van der Waals surface area contributed by atoms with Gasteiger partial charge in [-0.05, 0) is 53.9 Å². The fourth-order valence-corrected chi connectivity index (χ4v) is 5.49. The van der Waals surface area contributed by atoms with Gasteiger partial charge in [-0.3, -0.25) is 4.90 Å². The summed E-state index contributed by atoms with van der Waals surface area (Å²) in [5, 5.41) is 6.61. The second-order valence-electron chi connectivity index (χ2n) is 9.60. The molecule has 0 fully saturated rings. The molecule has 0 saturated carbocycles. The van der Waals surface area contributed by atoms with E-state index in [-0.39, 0.29) is 31.9 Å². The molecule has 4 rings (SSSR count). The van der Waals surface area contributed by atoms with Gasteiger partial charge in [0.05, 0.1) is 16.2 Å². The summed E-state index contributed by atoms with van der Waals surface area (Å²) in [6.45, 7) is 0.0955. The lowest BCUT2D eigenvalue weighted by Gasteiger charge is -2.31. The molecule has 1 atom stereocenters. The van der Waals surface area contributed by atoms with E-state index in [1.165, 1.54) is 24.1 Å². The highest BCUT2D eigenvalue weighted by atomic mass is 35.5. The lowest BCUT2D eigenvalue weighted by Crippen LogP contribution is -2.42. The Morgan fingerprint density at radius 2 is 1.64 bits per heavy atom. The number of alkyl halides is 3. The third-order valence-electron chi connectivity index (χ3n) is 6.55. The van der Waals surface area contributed by atoms with E-state index >= 15 is 0 Å². The van der Waals surface area contributed by atoms with Gasteiger partial charge in [-0.25, -0.2) is 5.01 Å². The normalized spacial score (nSPS) is 16.5. The summed E-state index contributed by atoms with van der Waals surface area (Å²) >= 11 is 6.13. The number of halogens is 4. The molecule has 0 aliphatic carbocycles. The van der Waals surface area contributed by atoms with Crippen LogP contribution in [0.25, 0.3) is 0 Å². The zero-order valence-electron chi connectivity index (χ0n) is 23.8. The number of methoxy groups -OCH3 is 2. The fourth-order valence-electron chi connectivity index (χ4n) is 4.43. The molecular formula is C29H30ClF3N6O4S. The van der Waals surface area contributed by atoms with Gasteiger partial charge >= 0.3 is 6.18 Å². The number of hydrazone groups is 1. The first kappa shape index (κ1) is 32.9. The Kier molecular flexibility index (Phi) is 10.6. The van der Waals surface area contributed by atoms with Crippen LogP contribution in [-0.4, -0.2) is 70.2 Å². The predicted octanol–water partition coefficient (Wildman–Crippen LogP) is 5.12. The van der Waals surface area contributed by atoms with Crippen molar-refractivity contribution in [1.29, 1.82) is 0 Å². The van der Waals surface area contributed by atoms with Crippen molar-refractivity contribution in [2.75, 3.05) is 34.2 Å². The predicted molar refractivity (Wildman–Crippen MR) is 162 cm³/mol. The topological polar surface area (TPSA) is 122 Å². The van der Waals surface area contributed by atoms with Gasteiger partial charge in [-0.2, -0.15) is 31.7 Å². The van der Waals surface area contributed by atoms with Crippen LogP contribution in [-0.2, 0) is 25.7 Å². The first-order chi connectivity index (χ1) is 20.9. The standard InChI is InChI=1S/C29H30ClF3N6O4S/c1-42-18-38(19-43-2)27(34)35-28(37-44(40,41)24-14-10-22(11-15-24)29(31,32)33)39-17-16-25(20-6-4-3-5-7-20)26(36-39)21-8-12-23(30)13-9-21/h3-15,25H,16-19H2,1-2H3,(H2,34,35,37). The smallest absolute Gasteiger partial charge is 0.369 e. The molecule has 0 radical (unpaired) electrons. The zero-order chi connectivity index (χ0) is 31.9. The molecule has 44 heavy (non-hydrogen) atoms. The van der Waals surface area contributed by atoms with Crippen LogP contribution < -0.4 is 5.73 Å². The Hall–Kier alpha value is -3.98. The van der Waals surface area contributed by atoms with Crippen molar-refractivity contribution >= 4 is 39.3 Å². The maximum atomic E-state index is 13.4. The summed E-state index contributed by atoms with van der Waals surface area (Å²) < 4.78 is 80.3. The summed E-state index contributed by atoms with van der Waals surface area (Å²) in [6.07, 6.45) is -4.16. The van der Waals surface area contributed by atoms with Crippen LogP contribution in [0.5, 0.6) is 0 Å². The molecule has 1 aliphatic heterocycles. The lowest BCUT2D eigenvalue weighted by atomic mass is 9.86. The number of ether oxygens (including phenoxy) is 2. The van der Waals surface area contributed by atoms with E-state index in [0.717, 1.165) is 23.3 Å². The van der Waals surface area contributed by atoms with Crippen molar-refractivity contribution in [3.63, 3.8) is 0 Å². The first-order valence-corrected chi connectivity index (χ1v) is 15.0. The second kappa shape index (κ2) is 14.2. The quantitative estimate of drug-likeness (QED) is 0.204. The number of nitrogens with zero attached hydrogens (tertiary/aromatic N) is 5. The Morgan fingerprint density at radius 1 is 1.02 bits per heavy atom. The molecule has 3 aromatic carbocycles. The van der Waals surface area contributed by atoms with Crippen molar-refractivity contribution < 1.29 is 31.1 Å². The molecule has 1 unspecified atom stereocenters. The number of hydrogen-bond acceptors (Lipinski definition) is 5. The third-order valence-corrected chi connectivity index (χ3v) is 8.07. The van der Waals surface area contributed by atoms with Gasteiger partial charge in [0.1, 0.15) is 13.5 Å². The van der Waals surface area contributed by atoms with E-state index in [1.807, 2.05) is 30.3 Å². The van der Waals surface area contributed by atoms with Crippen LogP contribution in [0.3, 0.4) is 0 Å². The van der Waals surface area contributed by atoms with Gasteiger partial charge in [0.15, 0.2) is 0 Å². The van der Waals surface area contributed by atoms with Gasteiger partial charge in [-0.15, -0.1) is 4.40 Å². The van der Waals surface area contributed by atoms with Gasteiger partial charge in [-0.1, -0.05) is 54.1 Å². The average molecular weight is 651 g/mol. The monoisotopic (exact) mass is 650 g/mol. The molecule has 0 spiro atoms. The second-order valence-corrected chi connectivity index (χ2v) is 11.6. The van der Waals surface area contributed by atoms with Gasteiger partial charge < -0.3 is 15.2 Å². The van der Waals surface area contributed by atoms with Gasteiger partial charge in [0, 0.05) is 31.7 Å². The number of aliphatic imine (C=N–C) groups is 1. The number of rotatable bonds is 8. The molecule has 1 heterocycles. The first-order valence-electron chi connectivity index (χ1n) is 13.2. The van der Waals surface area contributed by atoms with Crippen molar-refractivity contribution in [1.82, 2.24) is 9.91 Å². The van der Waals surface area contributed by atoms with E-state index in [1.54, 1.807) is 24.3 Å². The number of guanidine groups is 2. The lowest BCUT2D eigenvalue weighted by molar-refractivity contribution is -0.137. The van der Waals surface area contributed by atoms with E-state index in [9.17, 15) is 21.6 Å². The Morgan fingerprint density at radius 3 is 2.20 bits per heavy atom. The van der Waals surface area contributed by atoms with Crippen molar-refractivity contribution in [3.8, 4) is 0 Å². The molecule has 2 N–H and O–H groups in total. The number of nitrogens with two attached hydrogens (primary N) is 1. The van der Waals surface area contributed by atoms with Gasteiger partial charge in [0.2, 0.25) is 5.96 Å². The summed E-state index contributed by atoms with van der Waals surface area (Å²) in [7, 11) is -1.72. The molecule has 0 bridgehead atoms. The van der Waals surface area contributed by atoms with Crippen LogP contribution in [0.1, 0.15) is 29.0 Å². The van der Waals surface area contributed by atoms with Crippen LogP contribution >= 0.6 is 11.6 Å². The molecule has 234 valence electrons. The maximum Gasteiger partial charge on any atom is 0.416 e. The molecule has 10 nitrogen and oxygen atoms in total. The van der Waals surface area contributed by atoms with Crippen LogP contribution in [0, 0.1) is 0 Å². The molecule has 0 amide bonds. The third kappa shape index (κ3) is 8.14. The number of sulfonamides is 1. The minimum absolute atomic E-state index is 0.0442. The van der Waals surface area contributed by atoms with E-state index < -0.39 is 32.6 Å². The molecule has 3 aromatic rings. The number of benzene rings is 3. The largest absolute Gasteiger partial charge is 0.416 e. The van der Waals surface area contributed by atoms with E-state index in [0.29, 0.717) is 29.3 Å². The molecule has 15 heteroatoms. The summed E-state index contributed by atoms with van der Waals surface area (Å²) in [4.78, 5) is 5.20.